The molecule has 2 saturated heterocycles. The molecule has 2 aliphatic heterocycles. The second-order valence-electron chi connectivity index (χ2n) is 7.38. The second-order valence-corrected chi connectivity index (χ2v) is 7.38. The third-order valence-corrected chi connectivity index (χ3v) is 5.73. The van der Waals surface area contributed by atoms with Crippen molar-refractivity contribution in [3.8, 4) is 11.3 Å². The van der Waals surface area contributed by atoms with Gasteiger partial charge in [-0.15, -0.1) is 0 Å². The smallest absolute Gasteiger partial charge is 0.259 e. The molecule has 1 spiro atoms. The number of nitrogens with one attached hydrogen (secondary N) is 1. The third kappa shape index (κ3) is 2.92. The van der Waals surface area contributed by atoms with Crippen LogP contribution in [0.4, 0.5) is 0 Å². The van der Waals surface area contributed by atoms with Gasteiger partial charge in [-0.3, -0.25) is 9.59 Å². The zero-order chi connectivity index (χ0) is 19.0. The summed E-state index contributed by atoms with van der Waals surface area (Å²) in [6, 6.07) is 9.42. The topological polar surface area (TPSA) is 95.7 Å². The van der Waals surface area contributed by atoms with E-state index >= 15 is 0 Å². The predicted molar refractivity (Wildman–Crippen MR) is 97.9 cm³/mol. The van der Waals surface area contributed by atoms with Crippen molar-refractivity contribution in [2.24, 2.45) is 5.41 Å². The van der Waals surface area contributed by atoms with Crippen LogP contribution in [0, 0.1) is 12.3 Å². The van der Waals surface area contributed by atoms with Gasteiger partial charge < -0.3 is 19.8 Å². The molecule has 1 aromatic heterocycles. The van der Waals surface area contributed by atoms with Crippen molar-refractivity contribution in [3.05, 3.63) is 41.7 Å². The van der Waals surface area contributed by atoms with E-state index in [9.17, 15) is 14.7 Å². The maximum atomic E-state index is 13.3. The Bertz CT molecular complexity index is 863. The highest BCUT2D eigenvalue weighted by Crippen LogP contribution is 2.38. The summed E-state index contributed by atoms with van der Waals surface area (Å²) < 4.78 is 5.32. The van der Waals surface area contributed by atoms with E-state index in [1.54, 1.807) is 11.8 Å². The number of hydrogen-bond donors (Lipinski definition) is 2. The van der Waals surface area contributed by atoms with Gasteiger partial charge in [0.25, 0.3) is 5.91 Å². The Hall–Kier alpha value is -2.67. The normalized spacial score (nSPS) is 25.5. The van der Waals surface area contributed by atoms with E-state index in [4.69, 9.17) is 4.52 Å². The van der Waals surface area contributed by atoms with Gasteiger partial charge in [0, 0.05) is 25.2 Å². The number of aliphatic hydroxyl groups excluding tert-OH is 1. The number of aryl methyl sites for hydroxylation is 1. The molecule has 7 heteroatoms. The lowest BCUT2D eigenvalue weighted by atomic mass is 9.71. The second kappa shape index (κ2) is 6.81. The lowest BCUT2D eigenvalue weighted by molar-refractivity contribution is -0.147. The van der Waals surface area contributed by atoms with Gasteiger partial charge >= 0.3 is 0 Å². The average molecular weight is 369 g/mol. The molecule has 2 N–H and O–H groups in total. The Balaban J connectivity index is 1.66. The fraction of sp³-hybridized carbons (Fsp3) is 0.450. The molecule has 4 rings (SSSR count). The van der Waals surface area contributed by atoms with Gasteiger partial charge in [-0.05, 0) is 26.2 Å². The summed E-state index contributed by atoms with van der Waals surface area (Å²) in [6.45, 7) is 2.93. The number of nitrogens with zero attached hydrogens (tertiary/aromatic N) is 2. The van der Waals surface area contributed by atoms with Crippen LogP contribution in [0.25, 0.3) is 11.3 Å². The molecule has 2 amide bonds. The van der Waals surface area contributed by atoms with E-state index in [1.807, 2.05) is 30.3 Å². The first-order chi connectivity index (χ1) is 13.0. The molecular weight excluding hydrogens is 346 g/mol. The van der Waals surface area contributed by atoms with Crippen LogP contribution in [0.15, 0.2) is 34.9 Å². The Morgan fingerprint density at radius 3 is 2.89 bits per heavy atom. The molecule has 1 aromatic carbocycles. The van der Waals surface area contributed by atoms with Crippen molar-refractivity contribution in [2.75, 3.05) is 19.6 Å². The van der Waals surface area contributed by atoms with Crippen LogP contribution in [0.3, 0.4) is 0 Å². The SMILES string of the molecule is Cc1onc(-c2ccccc2)c1C(=O)N1CC[C@H](O)[C@@]2(CCCNC2=O)C1. The zero-order valence-electron chi connectivity index (χ0n) is 15.3. The number of hydrogen-bond acceptors (Lipinski definition) is 5. The van der Waals surface area contributed by atoms with E-state index in [0.717, 1.165) is 12.0 Å². The quantitative estimate of drug-likeness (QED) is 0.841. The number of carbonyl (C=O) groups excluding carboxylic acids is 2. The van der Waals surface area contributed by atoms with Gasteiger partial charge in [0.1, 0.15) is 17.0 Å². The van der Waals surface area contributed by atoms with Gasteiger partial charge in [0.2, 0.25) is 5.91 Å². The number of benzene rings is 1. The summed E-state index contributed by atoms with van der Waals surface area (Å²) in [5.41, 5.74) is 0.805. The molecule has 0 bridgehead atoms. The summed E-state index contributed by atoms with van der Waals surface area (Å²) in [5.74, 6) is 0.0773. The van der Waals surface area contributed by atoms with Crippen molar-refractivity contribution >= 4 is 11.8 Å². The first-order valence-electron chi connectivity index (χ1n) is 9.30. The molecule has 0 aliphatic carbocycles. The van der Waals surface area contributed by atoms with Crippen LogP contribution in [-0.4, -0.2) is 52.7 Å². The highest BCUT2D eigenvalue weighted by atomic mass is 16.5. The van der Waals surface area contributed by atoms with Gasteiger partial charge in [-0.2, -0.15) is 0 Å². The molecule has 2 fully saturated rings. The molecule has 7 nitrogen and oxygen atoms in total. The molecule has 0 radical (unpaired) electrons. The fourth-order valence-electron chi connectivity index (χ4n) is 4.19. The van der Waals surface area contributed by atoms with E-state index in [1.165, 1.54) is 0 Å². The molecule has 2 aliphatic rings. The number of amides is 2. The minimum Gasteiger partial charge on any atom is -0.392 e. The predicted octanol–water partition coefficient (Wildman–Crippen LogP) is 1.75. The molecule has 27 heavy (non-hydrogen) atoms. The summed E-state index contributed by atoms with van der Waals surface area (Å²) in [4.78, 5) is 27.5. The summed E-state index contributed by atoms with van der Waals surface area (Å²) in [5, 5.41) is 17.5. The third-order valence-electron chi connectivity index (χ3n) is 5.73. The van der Waals surface area contributed by atoms with Gasteiger partial charge in [-0.1, -0.05) is 35.5 Å². The van der Waals surface area contributed by atoms with Crippen LogP contribution >= 0.6 is 0 Å². The van der Waals surface area contributed by atoms with Crippen LogP contribution in [0.2, 0.25) is 0 Å². The summed E-state index contributed by atoms with van der Waals surface area (Å²) in [7, 11) is 0. The minimum absolute atomic E-state index is 0.163. The van der Waals surface area contributed by atoms with Crippen LogP contribution < -0.4 is 5.32 Å². The van der Waals surface area contributed by atoms with E-state index in [0.29, 0.717) is 42.9 Å². The Morgan fingerprint density at radius 2 is 2.15 bits per heavy atom. The van der Waals surface area contributed by atoms with Crippen LogP contribution in [0.1, 0.15) is 35.4 Å². The first kappa shape index (κ1) is 17.7. The lowest BCUT2D eigenvalue weighted by Crippen LogP contribution is -2.62. The minimum atomic E-state index is -0.926. The summed E-state index contributed by atoms with van der Waals surface area (Å²) in [6.07, 6.45) is 1.02. The largest absolute Gasteiger partial charge is 0.392 e. The Morgan fingerprint density at radius 1 is 1.37 bits per heavy atom. The van der Waals surface area contributed by atoms with Crippen molar-refractivity contribution in [3.63, 3.8) is 0 Å². The molecule has 2 atom stereocenters. The van der Waals surface area contributed by atoms with E-state index in [-0.39, 0.29) is 18.4 Å². The van der Waals surface area contributed by atoms with Gasteiger partial charge in [-0.25, -0.2) is 0 Å². The number of aromatic nitrogens is 1. The highest BCUT2D eigenvalue weighted by molar-refractivity contribution is 6.01. The van der Waals surface area contributed by atoms with Gasteiger partial charge in [0.05, 0.1) is 11.5 Å². The number of piperidine rings is 2. The zero-order valence-corrected chi connectivity index (χ0v) is 15.3. The molecule has 2 aromatic rings. The van der Waals surface area contributed by atoms with E-state index < -0.39 is 11.5 Å². The maximum absolute atomic E-state index is 13.3. The Kier molecular flexibility index (Phi) is 4.47. The monoisotopic (exact) mass is 369 g/mol. The molecule has 3 heterocycles. The molecule has 0 saturated carbocycles. The maximum Gasteiger partial charge on any atom is 0.259 e. The van der Waals surface area contributed by atoms with Crippen LogP contribution in [-0.2, 0) is 4.79 Å². The number of aliphatic hydroxyl groups is 1. The fourth-order valence-corrected chi connectivity index (χ4v) is 4.19. The molecule has 0 unspecified atom stereocenters. The van der Waals surface area contributed by atoms with Crippen molar-refractivity contribution in [2.45, 2.75) is 32.3 Å². The van der Waals surface area contributed by atoms with Crippen molar-refractivity contribution in [1.82, 2.24) is 15.4 Å². The summed E-state index contributed by atoms with van der Waals surface area (Å²) >= 11 is 0. The number of likely N-dealkylation sites (tertiary alicyclic amines) is 1. The highest BCUT2D eigenvalue weighted by Gasteiger charge is 2.51. The van der Waals surface area contributed by atoms with Crippen molar-refractivity contribution < 1.29 is 19.2 Å². The average Bonchev–Trinajstić information content (AvgIpc) is 3.07. The van der Waals surface area contributed by atoms with Crippen molar-refractivity contribution in [1.29, 1.82) is 0 Å². The Labute approximate surface area is 157 Å². The molecule has 142 valence electrons. The van der Waals surface area contributed by atoms with Crippen LogP contribution in [0.5, 0.6) is 0 Å². The molecular formula is C20H23N3O4. The first-order valence-corrected chi connectivity index (χ1v) is 9.30. The number of rotatable bonds is 2. The number of carbonyl (C=O) groups is 2. The van der Waals surface area contributed by atoms with Gasteiger partial charge in [0.15, 0.2) is 0 Å². The lowest BCUT2D eigenvalue weighted by Gasteiger charge is -2.46. The van der Waals surface area contributed by atoms with E-state index in [2.05, 4.69) is 10.5 Å². The standard InChI is InChI=1S/C20H23N3O4/c1-13-16(17(22-27-13)14-6-3-2-4-7-14)18(25)23-11-8-15(24)20(12-23)9-5-10-21-19(20)26/h2-4,6-7,15,24H,5,8-12H2,1H3,(H,21,26)/t15-,20+/m0/s1.